The Morgan fingerprint density at radius 1 is 1.19 bits per heavy atom. The molecule has 0 fully saturated rings. The molecule has 1 amide bonds. The molecule has 0 aliphatic heterocycles. The van der Waals surface area contributed by atoms with Crippen LogP contribution in [-0.4, -0.2) is 27.0 Å². The Morgan fingerprint density at radius 2 is 1.96 bits per heavy atom. The van der Waals surface area contributed by atoms with Crippen molar-refractivity contribution < 1.29 is 9.90 Å². The highest BCUT2D eigenvalue weighted by molar-refractivity contribution is 5.86. The maximum atomic E-state index is 11.2. The van der Waals surface area contributed by atoms with Crippen molar-refractivity contribution in [3.8, 4) is 11.1 Å². The number of amides is 1. The van der Waals surface area contributed by atoms with Gasteiger partial charge in [0.1, 0.15) is 0 Å². The molecule has 0 bridgehead atoms. The molecule has 1 atom stereocenters. The highest BCUT2D eigenvalue weighted by atomic mass is 16.3. The van der Waals surface area contributed by atoms with Crippen molar-refractivity contribution in [1.29, 1.82) is 0 Å². The van der Waals surface area contributed by atoms with Crippen LogP contribution in [0.3, 0.4) is 0 Å². The van der Waals surface area contributed by atoms with E-state index < -0.39 is 6.23 Å². The van der Waals surface area contributed by atoms with Gasteiger partial charge in [-0.3, -0.25) is 4.79 Å². The third kappa shape index (κ3) is 4.41. The first-order valence-corrected chi connectivity index (χ1v) is 8.93. The number of rotatable bonds is 5. The van der Waals surface area contributed by atoms with E-state index >= 15 is 0 Å². The van der Waals surface area contributed by atoms with Gasteiger partial charge >= 0.3 is 0 Å². The Labute approximate surface area is 158 Å². The number of aryl methyl sites for hydroxylation is 1. The van der Waals surface area contributed by atoms with Crippen LogP contribution in [0.5, 0.6) is 0 Å². The monoisotopic (exact) mass is 364 g/mol. The SMILES string of the molecule is CC(=O)NC(O)c1cccc(-c2cc3cnc(NC(C)C)nc3cc2C)c1. The van der Waals surface area contributed by atoms with Crippen molar-refractivity contribution in [3.63, 3.8) is 0 Å². The normalized spacial score (nSPS) is 12.2. The first-order valence-electron chi connectivity index (χ1n) is 8.93. The van der Waals surface area contributed by atoms with Crippen molar-refractivity contribution in [2.45, 2.75) is 40.0 Å². The highest BCUT2D eigenvalue weighted by Gasteiger charge is 2.12. The van der Waals surface area contributed by atoms with Gasteiger partial charge in [0, 0.05) is 30.1 Å². The van der Waals surface area contributed by atoms with E-state index in [-0.39, 0.29) is 11.9 Å². The summed E-state index contributed by atoms with van der Waals surface area (Å²) in [5.41, 5.74) is 4.58. The number of fused-ring (bicyclic) bond motifs is 1. The summed E-state index contributed by atoms with van der Waals surface area (Å²) in [6.07, 6.45) is 0.780. The fraction of sp³-hybridized carbons (Fsp3) is 0.286. The highest BCUT2D eigenvalue weighted by Crippen LogP contribution is 2.29. The molecule has 1 heterocycles. The number of carbonyl (C=O) groups is 1. The lowest BCUT2D eigenvalue weighted by Gasteiger charge is -2.14. The number of benzene rings is 2. The van der Waals surface area contributed by atoms with Crippen LogP contribution in [0.15, 0.2) is 42.6 Å². The molecule has 6 nitrogen and oxygen atoms in total. The molecule has 0 saturated carbocycles. The molecule has 0 spiro atoms. The Bertz CT molecular complexity index is 985. The summed E-state index contributed by atoms with van der Waals surface area (Å²) in [7, 11) is 0. The largest absolute Gasteiger partial charge is 0.369 e. The fourth-order valence-electron chi connectivity index (χ4n) is 2.97. The summed E-state index contributed by atoms with van der Waals surface area (Å²) in [6, 6.07) is 11.9. The van der Waals surface area contributed by atoms with Crippen molar-refractivity contribution in [2.24, 2.45) is 0 Å². The summed E-state index contributed by atoms with van der Waals surface area (Å²) < 4.78 is 0. The van der Waals surface area contributed by atoms with E-state index in [2.05, 4.69) is 20.6 Å². The lowest BCUT2D eigenvalue weighted by Crippen LogP contribution is -2.25. The summed E-state index contributed by atoms with van der Waals surface area (Å²) in [6.45, 7) is 7.50. The Balaban J connectivity index is 1.99. The van der Waals surface area contributed by atoms with Crippen LogP contribution in [0, 0.1) is 6.92 Å². The van der Waals surface area contributed by atoms with Crippen LogP contribution in [0.1, 0.15) is 38.1 Å². The molecule has 27 heavy (non-hydrogen) atoms. The maximum Gasteiger partial charge on any atom is 0.223 e. The summed E-state index contributed by atoms with van der Waals surface area (Å²) >= 11 is 0. The average molecular weight is 364 g/mol. The van der Waals surface area contributed by atoms with Gasteiger partial charge in [0.2, 0.25) is 11.9 Å². The molecule has 1 aromatic heterocycles. The Morgan fingerprint density at radius 3 is 2.67 bits per heavy atom. The number of aromatic nitrogens is 2. The van der Waals surface area contributed by atoms with E-state index in [1.807, 2.05) is 57.3 Å². The minimum Gasteiger partial charge on any atom is -0.369 e. The number of aliphatic hydroxyl groups excluding tert-OH is 1. The molecule has 3 rings (SSSR count). The van der Waals surface area contributed by atoms with E-state index in [1.54, 1.807) is 6.07 Å². The smallest absolute Gasteiger partial charge is 0.223 e. The minimum atomic E-state index is -1.03. The van der Waals surface area contributed by atoms with E-state index in [9.17, 15) is 9.90 Å². The lowest BCUT2D eigenvalue weighted by molar-refractivity contribution is -0.122. The van der Waals surface area contributed by atoms with Crippen LogP contribution in [0.2, 0.25) is 0 Å². The lowest BCUT2D eigenvalue weighted by atomic mass is 9.97. The predicted octanol–water partition coefficient (Wildman–Crippen LogP) is 3.55. The first-order chi connectivity index (χ1) is 12.8. The molecule has 3 N–H and O–H groups in total. The Hall–Kier alpha value is -2.99. The summed E-state index contributed by atoms with van der Waals surface area (Å²) in [5, 5.41) is 16.8. The van der Waals surface area contributed by atoms with Crippen LogP contribution in [-0.2, 0) is 4.79 Å². The molecule has 0 aliphatic carbocycles. The van der Waals surface area contributed by atoms with E-state index in [0.29, 0.717) is 11.5 Å². The van der Waals surface area contributed by atoms with Gasteiger partial charge in [-0.1, -0.05) is 18.2 Å². The number of carbonyl (C=O) groups excluding carboxylic acids is 1. The van der Waals surface area contributed by atoms with Gasteiger partial charge < -0.3 is 15.7 Å². The van der Waals surface area contributed by atoms with Crippen LogP contribution in [0.25, 0.3) is 22.0 Å². The summed E-state index contributed by atoms with van der Waals surface area (Å²) in [5.74, 6) is 0.336. The summed E-state index contributed by atoms with van der Waals surface area (Å²) in [4.78, 5) is 20.1. The number of nitrogens with zero attached hydrogens (tertiary/aromatic N) is 2. The molecule has 0 aliphatic rings. The number of nitrogens with one attached hydrogen (secondary N) is 2. The quantitative estimate of drug-likeness (QED) is 0.603. The van der Waals surface area contributed by atoms with E-state index in [0.717, 1.165) is 27.6 Å². The molecule has 0 radical (unpaired) electrons. The third-order valence-electron chi connectivity index (χ3n) is 4.20. The second kappa shape index (κ2) is 7.72. The second-order valence-corrected chi connectivity index (χ2v) is 6.95. The predicted molar refractivity (Wildman–Crippen MR) is 107 cm³/mol. The number of aliphatic hydroxyl groups is 1. The molecular formula is C21H24N4O2. The van der Waals surface area contributed by atoms with Gasteiger partial charge in [-0.05, 0) is 55.7 Å². The third-order valence-corrected chi connectivity index (χ3v) is 4.20. The molecule has 140 valence electrons. The van der Waals surface area contributed by atoms with Crippen molar-refractivity contribution >= 4 is 22.8 Å². The van der Waals surface area contributed by atoms with Gasteiger partial charge in [0.25, 0.3) is 0 Å². The zero-order chi connectivity index (χ0) is 19.6. The zero-order valence-corrected chi connectivity index (χ0v) is 15.9. The zero-order valence-electron chi connectivity index (χ0n) is 15.9. The molecular weight excluding hydrogens is 340 g/mol. The van der Waals surface area contributed by atoms with Crippen LogP contribution < -0.4 is 10.6 Å². The number of anilines is 1. The topological polar surface area (TPSA) is 87.1 Å². The molecule has 6 heteroatoms. The standard InChI is InChI=1S/C21H24N4O2/c1-12(2)23-21-22-11-17-10-18(13(3)8-19(17)25-21)15-6-5-7-16(9-15)20(27)24-14(4)26/h5-12,20,27H,1-4H3,(H,24,26)(H,22,23,25). The van der Waals surface area contributed by atoms with Crippen LogP contribution >= 0.6 is 0 Å². The molecule has 0 saturated heterocycles. The van der Waals surface area contributed by atoms with Crippen LogP contribution in [0.4, 0.5) is 5.95 Å². The Kier molecular flexibility index (Phi) is 5.37. The average Bonchev–Trinajstić information content (AvgIpc) is 2.60. The minimum absolute atomic E-state index is 0.264. The van der Waals surface area contributed by atoms with Gasteiger partial charge in [0.15, 0.2) is 6.23 Å². The van der Waals surface area contributed by atoms with Gasteiger partial charge in [0.05, 0.1) is 5.52 Å². The molecule has 1 unspecified atom stereocenters. The maximum absolute atomic E-state index is 11.2. The number of hydrogen-bond acceptors (Lipinski definition) is 5. The van der Waals surface area contributed by atoms with Gasteiger partial charge in [-0.25, -0.2) is 9.97 Å². The second-order valence-electron chi connectivity index (χ2n) is 6.95. The fourth-order valence-corrected chi connectivity index (χ4v) is 2.97. The molecule has 2 aromatic carbocycles. The van der Waals surface area contributed by atoms with E-state index in [1.165, 1.54) is 6.92 Å². The van der Waals surface area contributed by atoms with E-state index in [4.69, 9.17) is 0 Å². The van der Waals surface area contributed by atoms with Gasteiger partial charge in [-0.2, -0.15) is 0 Å². The van der Waals surface area contributed by atoms with Crippen molar-refractivity contribution in [3.05, 3.63) is 53.7 Å². The van der Waals surface area contributed by atoms with Crippen molar-refractivity contribution in [1.82, 2.24) is 15.3 Å². The van der Waals surface area contributed by atoms with Crippen molar-refractivity contribution in [2.75, 3.05) is 5.32 Å². The van der Waals surface area contributed by atoms with Gasteiger partial charge in [-0.15, -0.1) is 0 Å². The number of hydrogen-bond donors (Lipinski definition) is 3. The molecule has 3 aromatic rings. The first kappa shape index (κ1) is 18.8.